The zero-order valence-electron chi connectivity index (χ0n) is 16.9. The van der Waals surface area contributed by atoms with Crippen LogP contribution in [-0.2, 0) is 24.1 Å². The van der Waals surface area contributed by atoms with Crippen LogP contribution in [0.15, 0.2) is 41.4 Å². The molecule has 5 nitrogen and oxygen atoms in total. The molecular formula is C23H30IN3O2. The van der Waals surface area contributed by atoms with Gasteiger partial charge in [0, 0.05) is 17.7 Å². The van der Waals surface area contributed by atoms with E-state index in [2.05, 4.69) is 53.6 Å². The van der Waals surface area contributed by atoms with Crippen LogP contribution in [0.5, 0.6) is 5.75 Å². The number of ether oxygens (including phenoxy) is 2. The van der Waals surface area contributed by atoms with Gasteiger partial charge in [0.1, 0.15) is 11.9 Å². The Hall–Kier alpha value is -1.80. The summed E-state index contributed by atoms with van der Waals surface area (Å²) in [5, 5.41) is 3.31. The van der Waals surface area contributed by atoms with Crippen LogP contribution < -0.4 is 15.8 Å². The van der Waals surface area contributed by atoms with Crippen LogP contribution >= 0.6 is 24.0 Å². The fourth-order valence-electron chi connectivity index (χ4n) is 3.93. The molecule has 0 bridgehead atoms. The van der Waals surface area contributed by atoms with Crippen molar-refractivity contribution >= 4 is 35.6 Å². The molecule has 0 saturated carbocycles. The first-order valence-electron chi connectivity index (χ1n) is 10.2. The van der Waals surface area contributed by atoms with Gasteiger partial charge in [0.25, 0.3) is 0 Å². The van der Waals surface area contributed by atoms with Gasteiger partial charge in [-0.3, -0.25) is 0 Å². The third-order valence-corrected chi connectivity index (χ3v) is 5.48. The van der Waals surface area contributed by atoms with Crippen molar-refractivity contribution in [3.05, 3.63) is 58.7 Å². The molecule has 0 aromatic heterocycles. The number of hydrogen-bond acceptors (Lipinski definition) is 3. The van der Waals surface area contributed by atoms with Crippen molar-refractivity contribution < 1.29 is 9.47 Å². The Morgan fingerprint density at radius 2 is 2.10 bits per heavy atom. The molecule has 0 radical (unpaired) electrons. The average molecular weight is 507 g/mol. The molecule has 3 N–H and O–H groups in total. The van der Waals surface area contributed by atoms with Gasteiger partial charge in [-0.1, -0.05) is 24.3 Å². The number of guanidine groups is 1. The van der Waals surface area contributed by atoms with Gasteiger partial charge in [-0.2, -0.15) is 0 Å². The molecule has 1 unspecified atom stereocenters. The minimum absolute atomic E-state index is 0. The zero-order chi connectivity index (χ0) is 19.3. The summed E-state index contributed by atoms with van der Waals surface area (Å²) in [5.41, 5.74) is 12.3. The molecule has 4 rings (SSSR count). The number of aliphatic imine (C=N–C) groups is 1. The lowest BCUT2D eigenvalue weighted by molar-refractivity contribution is 0.140. The molecule has 6 heteroatoms. The number of benzene rings is 2. The first-order chi connectivity index (χ1) is 13.7. The quantitative estimate of drug-likeness (QED) is 0.353. The third-order valence-electron chi connectivity index (χ3n) is 5.48. The van der Waals surface area contributed by atoms with Crippen molar-refractivity contribution in [1.29, 1.82) is 0 Å². The van der Waals surface area contributed by atoms with Gasteiger partial charge in [0.2, 0.25) is 0 Å². The highest BCUT2D eigenvalue weighted by Crippen LogP contribution is 2.28. The second-order valence-corrected chi connectivity index (χ2v) is 7.69. The molecular weight excluding hydrogens is 477 g/mol. The summed E-state index contributed by atoms with van der Waals surface area (Å²) >= 11 is 0. The second-order valence-electron chi connectivity index (χ2n) is 7.69. The summed E-state index contributed by atoms with van der Waals surface area (Å²) in [6, 6.07) is 12.6. The van der Waals surface area contributed by atoms with Gasteiger partial charge in [-0.15, -0.1) is 24.0 Å². The lowest BCUT2D eigenvalue weighted by Gasteiger charge is -2.20. The molecule has 1 heterocycles. The van der Waals surface area contributed by atoms with Crippen molar-refractivity contribution in [2.45, 2.75) is 51.7 Å². The Morgan fingerprint density at radius 1 is 1.24 bits per heavy atom. The van der Waals surface area contributed by atoms with E-state index < -0.39 is 0 Å². The van der Waals surface area contributed by atoms with E-state index in [-0.39, 0.29) is 30.1 Å². The van der Waals surface area contributed by atoms with Crippen molar-refractivity contribution in [3.8, 4) is 5.75 Å². The topological polar surface area (TPSA) is 68.9 Å². The molecule has 0 spiro atoms. The van der Waals surface area contributed by atoms with Crippen LogP contribution in [0.1, 0.15) is 41.5 Å². The maximum atomic E-state index is 6.21. The number of aryl methyl sites for hydroxylation is 2. The number of rotatable bonds is 5. The largest absolute Gasteiger partial charge is 0.488 e. The monoisotopic (exact) mass is 507 g/mol. The summed E-state index contributed by atoms with van der Waals surface area (Å²) in [4.78, 5) is 4.58. The number of nitrogens with two attached hydrogens (primary N) is 1. The molecule has 29 heavy (non-hydrogen) atoms. The molecule has 2 aliphatic rings. The van der Waals surface area contributed by atoms with Gasteiger partial charge < -0.3 is 20.5 Å². The highest BCUT2D eigenvalue weighted by atomic mass is 127. The molecule has 1 saturated heterocycles. The van der Waals surface area contributed by atoms with Crippen LogP contribution in [0.2, 0.25) is 0 Å². The van der Waals surface area contributed by atoms with Crippen LogP contribution in [0, 0.1) is 6.92 Å². The van der Waals surface area contributed by atoms with E-state index in [0.29, 0.717) is 19.1 Å². The Labute approximate surface area is 190 Å². The van der Waals surface area contributed by atoms with Gasteiger partial charge >= 0.3 is 0 Å². The van der Waals surface area contributed by atoms with Gasteiger partial charge in [0.05, 0.1) is 19.8 Å². The van der Waals surface area contributed by atoms with Crippen molar-refractivity contribution in [3.63, 3.8) is 0 Å². The smallest absolute Gasteiger partial charge is 0.193 e. The maximum Gasteiger partial charge on any atom is 0.193 e. The van der Waals surface area contributed by atoms with Crippen LogP contribution in [0.4, 0.5) is 5.69 Å². The minimum Gasteiger partial charge on any atom is -0.488 e. The molecule has 0 amide bonds. The summed E-state index contributed by atoms with van der Waals surface area (Å²) in [6.07, 6.45) is 5.80. The van der Waals surface area contributed by atoms with E-state index in [1.807, 2.05) is 0 Å². The highest BCUT2D eigenvalue weighted by Gasteiger charge is 2.19. The number of halogens is 1. The average Bonchev–Trinajstić information content (AvgIpc) is 3.21. The molecule has 156 valence electrons. The summed E-state index contributed by atoms with van der Waals surface area (Å²) < 4.78 is 11.6. The third kappa shape index (κ3) is 5.63. The first kappa shape index (κ1) is 21.9. The Kier molecular flexibility index (Phi) is 7.77. The molecule has 1 aliphatic carbocycles. The molecule has 1 fully saturated rings. The van der Waals surface area contributed by atoms with E-state index in [4.69, 9.17) is 15.2 Å². The van der Waals surface area contributed by atoms with Crippen molar-refractivity contribution in [1.82, 2.24) is 0 Å². The Bertz CT molecular complexity index is 863. The number of anilines is 1. The van der Waals surface area contributed by atoms with E-state index in [1.54, 1.807) is 0 Å². The summed E-state index contributed by atoms with van der Waals surface area (Å²) in [7, 11) is 0. The lowest BCUT2D eigenvalue weighted by atomic mass is 9.90. The van der Waals surface area contributed by atoms with E-state index >= 15 is 0 Å². The number of nitrogens with zero attached hydrogens (tertiary/aromatic N) is 1. The molecule has 1 atom stereocenters. The SMILES string of the molecule is Cc1ccc(CN=C(N)Nc2cccc3c2CCCC3)c(OC2CCOC2)c1.I. The summed E-state index contributed by atoms with van der Waals surface area (Å²) in [6.45, 7) is 3.97. The fraction of sp³-hybridized carbons (Fsp3) is 0.435. The van der Waals surface area contributed by atoms with Gasteiger partial charge in [-0.05, 0) is 61.4 Å². The second kappa shape index (κ2) is 10.3. The number of nitrogens with one attached hydrogen (secondary N) is 1. The molecule has 2 aromatic carbocycles. The fourth-order valence-corrected chi connectivity index (χ4v) is 3.93. The van der Waals surface area contributed by atoms with E-state index in [0.717, 1.165) is 42.9 Å². The molecule has 2 aromatic rings. The minimum atomic E-state index is 0. The van der Waals surface area contributed by atoms with Gasteiger partial charge in [0.15, 0.2) is 5.96 Å². The standard InChI is InChI=1S/C23H29N3O2.HI/c1-16-9-10-18(22(13-16)28-19-11-12-27-15-19)14-25-23(24)26-21-8-4-6-17-5-2-3-7-20(17)21;/h4,6,8-10,13,19H,2-3,5,7,11-12,14-15H2,1H3,(H3,24,25,26);1H. The van der Waals surface area contributed by atoms with Gasteiger partial charge in [-0.25, -0.2) is 4.99 Å². The number of fused-ring (bicyclic) bond motifs is 1. The number of hydrogen-bond donors (Lipinski definition) is 2. The Balaban J connectivity index is 0.00000240. The normalized spacial score (nSPS) is 18.7. The van der Waals surface area contributed by atoms with E-state index in [1.165, 1.54) is 29.5 Å². The first-order valence-corrected chi connectivity index (χ1v) is 10.2. The Morgan fingerprint density at radius 3 is 2.93 bits per heavy atom. The predicted octanol–water partition coefficient (Wildman–Crippen LogP) is 4.59. The predicted molar refractivity (Wildman–Crippen MR) is 128 cm³/mol. The lowest BCUT2D eigenvalue weighted by Crippen LogP contribution is -2.24. The molecule has 1 aliphatic heterocycles. The zero-order valence-corrected chi connectivity index (χ0v) is 19.3. The summed E-state index contributed by atoms with van der Waals surface area (Å²) in [5.74, 6) is 1.32. The van der Waals surface area contributed by atoms with Crippen LogP contribution in [-0.4, -0.2) is 25.3 Å². The van der Waals surface area contributed by atoms with E-state index in [9.17, 15) is 0 Å². The van der Waals surface area contributed by atoms with Crippen molar-refractivity contribution in [2.75, 3.05) is 18.5 Å². The highest BCUT2D eigenvalue weighted by molar-refractivity contribution is 14.0. The van der Waals surface area contributed by atoms with Crippen LogP contribution in [0.25, 0.3) is 0 Å². The van der Waals surface area contributed by atoms with Crippen molar-refractivity contribution in [2.24, 2.45) is 10.7 Å². The maximum absolute atomic E-state index is 6.21. The van der Waals surface area contributed by atoms with Crippen LogP contribution in [0.3, 0.4) is 0 Å².